The van der Waals surface area contributed by atoms with E-state index >= 15 is 0 Å². The van der Waals surface area contributed by atoms with Gasteiger partial charge in [0, 0.05) is 50.2 Å². The van der Waals surface area contributed by atoms with Gasteiger partial charge in [-0.3, -0.25) is 9.69 Å². The molecule has 6 nitrogen and oxygen atoms in total. The number of rotatable bonds is 4. The van der Waals surface area contributed by atoms with E-state index in [9.17, 15) is 4.79 Å². The number of piperazine rings is 1. The van der Waals surface area contributed by atoms with Gasteiger partial charge in [-0.25, -0.2) is 0 Å². The maximum Gasteiger partial charge on any atom is 0.224 e. The van der Waals surface area contributed by atoms with E-state index in [2.05, 4.69) is 64.5 Å². The smallest absolute Gasteiger partial charge is 0.224 e. The Hall–Kier alpha value is -2.19. The van der Waals surface area contributed by atoms with Crippen molar-refractivity contribution in [3.05, 3.63) is 53.6 Å². The van der Waals surface area contributed by atoms with Crippen LogP contribution < -0.4 is 10.2 Å². The lowest BCUT2D eigenvalue weighted by Gasteiger charge is -2.35. The van der Waals surface area contributed by atoms with Crippen LogP contribution in [0.3, 0.4) is 0 Å². The molecular formula is C23H29ClN4O2S. The van der Waals surface area contributed by atoms with E-state index in [1.165, 1.54) is 21.2 Å². The van der Waals surface area contributed by atoms with Crippen molar-refractivity contribution in [2.75, 3.05) is 42.9 Å². The monoisotopic (exact) mass is 460 g/mol. The Morgan fingerprint density at radius 3 is 2.71 bits per heavy atom. The Balaban J connectivity index is 0.00000136. The number of amides is 1. The van der Waals surface area contributed by atoms with Crippen LogP contribution in [-0.4, -0.2) is 53.4 Å². The molecule has 1 aromatic heterocycles. The Morgan fingerprint density at radius 1 is 1.13 bits per heavy atom. The van der Waals surface area contributed by atoms with Crippen molar-refractivity contribution in [1.29, 1.82) is 0 Å². The number of carbonyl (C=O) groups excluding carboxylic acids is 1. The van der Waals surface area contributed by atoms with E-state index in [0.717, 1.165) is 50.6 Å². The number of benzene rings is 2. The molecule has 8 heteroatoms. The van der Waals surface area contributed by atoms with Gasteiger partial charge in [0.15, 0.2) is 0 Å². The molecular weight excluding hydrogens is 432 g/mol. The summed E-state index contributed by atoms with van der Waals surface area (Å²) < 4.78 is 5.98. The van der Waals surface area contributed by atoms with E-state index in [4.69, 9.17) is 4.37 Å². The average Bonchev–Trinajstić information content (AvgIpc) is 3.17. The van der Waals surface area contributed by atoms with Crippen LogP contribution in [0.1, 0.15) is 30.4 Å². The molecule has 2 aliphatic rings. The summed E-state index contributed by atoms with van der Waals surface area (Å²) in [6, 6.07) is 15.0. The molecule has 1 atom stereocenters. The molecule has 3 N–H and O–H groups in total. The first kappa shape index (κ1) is 23.5. The van der Waals surface area contributed by atoms with Crippen molar-refractivity contribution in [2.24, 2.45) is 0 Å². The van der Waals surface area contributed by atoms with E-state index in [0.29, 0.717) is 12.3 Å². The first-order valence-electron chi connectivity index (χ1n) is 10.4. The van der Waals surface area contributed by atoms with Gasteiger partial charge in [-0.05, 0) is 53.2 Å². The minimum absolute atomic E-state index is 0. The summed E-state index contributed by atoms with van der Waals surface area (Å²) in [5.74, 6) is 1.58. The van der Waals surface area contributed by atoms with Gasteiger partial charge < -0.3 is 15.7 Å². The van der Waals surface area contributed by atoms with Crippen LogP contribution in [0, 0.1) is 0 Å². The molecule has 0 bridgehead atoms. The fraction of sp³-hybridized carbons (Fsp3) is 0.391. The summed E-state index contributed by atoms with van der Waals surface area (Å²) in [6.07, 6.45) is 1.64. The highest BCUT2D eigenvalue weighted by Gasteiger charge is 2.23. The molecule has 0 radical (unpaired) electrons. The third-order valence-corrected chi connectivity index (χ3v) is 6.98. The Labute approximate surface area is 193 Å². The topological polar surface area (TPSA) is 80.0 Å². The molecule has 2 aliphatic heterocycles. The second-order valence-corrected chi connectivity index (χ2v) is 8.96. The normalized spacial score (nSPS) is 18.7. The number of nitrogens with one attached hydrogen (secondary N) is 1. The highest BCUT2D eigenvalue weighted by Crippen LogP contribution is 2.33. The lowest BCUT2D eigenvalue weighted by Crippen LogP contribution is -2.47. The SMILES string of the molecule is C[C@@H]1CC(=O)Nc2ccc(CCN3CCN(c4nsc5ccccc45)CC3)cc21.Cl.O. The van der Waals surface area contributed by atoms with Gasteiger partial charge in [0.1, 0.15) is 5.82 Å². The highest BCUT2D eigenvalue weighted by atomic mass is 35.5. The summed E-state index contributed by atoms with van der Waals surface area (Å²) in [6.45, 7) is 7.42. The van der Waals surface area contributed by atoms with Crippen LogP contribution in [0.25, 0.3) is 10.1 Å². The van der Waals surface area contributed by atoms with Crippen molar-refractivity contribution >= 4 is 51.4 Å². The molecule has 0 saturated carbocycles. The van der Waals surface area contributed by atoms with E-state index in [1.54, 1.807) is 11.5 Å². The molecule has 0 aliphatic carbocycles. The summed E-state index contributed by atoms with van der Waals surface area (Å²) in [5.41, 5.74) is 3.63. The van der Waals surface area contributed by atoms with E-state index in [-0.39, 0.29) is 23.8 Å². The second-order valence-electron chi connectivity index (χ2n) is 8.16. The van der Waals surface area contributed by atoms with Crippen LogP contribution in [-0.2, 0) is 11.2 Å². The lowest BCUT2D eigenvalue weighted by molar-refractivity contribution is -0.116. The molecule has 166 valence electrons. The van der Waals surface area contributed by atoms with Gasteiger partial charge in [-0.1, -0.05) is 31.2 Å². The Kier molecular flexibility index (Phi) is 7.54. The Bertz CT molecular complexity index is 1050. The van der Waals surface area contributed by atoms with Crippen LogP contribution in [0.5, 0.6) is 0 Å². The molecule has 0 unspecified atom stereocenters. The maximum absolute atomic E-state index is 11.7. The molecule has 1 amide bonds. The van der Waals surface area contributed by atoms with Crippen LogP contribution >= 0.6 is 23.9 Å². The van der Waals surface area contributed by atoms with Crippen LogP contribution in [0.15, 0.2) is 42.5 Å². The van der Waals surface area contributed by atoms with Crippen molar-refractivity contribution < 1.29 is 10.3 Å². The van der Waals surface area contributed by atoms with Gasteiger partial charge >= 0.3 is 0 Å². The molecule has 3 aromatic rings. The molecule has 1 saturated heterocycles. The molecule has 31 heavy (non-hydrogen) atoms. The average molecular weight is 461 g/mol. The van der Waals surface area contributed by atoms with Crippen LogP contribution in [0.2, 0.25) is 0 Å². The number of anilines is 2. The quantitative estimate of drug-likeness (QED) is 0.643. The Morgan fingerprint density at radius 2 is 1.90 bits per heavy atom. The molecule has 3 heterocycles. The van der Waals surface area contributed by atoms with Crippen molar-refractivity contribution in [2.45, 2.75) is 25.7 Å². The largest absolute Gasteiger partial charge is 0.412 e. The molecule has 5 rings (SSSR count). The number of hydrogen-bond acceptors (Lipinski definition) is 5. The zero-order valence-corrected chi connectivity index (χ0v) is 19.3. The third kappa shape index (κ3) is 4.85. The van der Waals surface area contributed by atoms with Crippen molar-refractivity contribution in [3.63, 3.8) is 0 Å². The van der Waals surface area contributed by atoms with E-state index < -0.39 is 0 Å². The van der Waals surface area contributed by atoms with Crippen molar-refractivity contribution in [3.8, 4) is 0 Å². The standard InChI is InChI=1S/C23H26N4OS.ClH.H2O/c1-16-14-22(28)24-20-7-6-17(15-19(16)20)8-9-26-10-12-27(13-11-26)23-18-4-2-3-5-21(18)29-25-23;;/h2-7,15-16H,8-14H2,1H3,(H,24,28);1H;1H2/t16-;;/m1../s1. The molecule has 0 spiro atoms. The predicted octanol–water partition coefficient (Wildman–Crippen LogP) is 3.70. The van der Waals surface area contributed by atoms with Crippen LogP contribution in [0.4, 0.5) is 11.5 Å². The molecule has 1 fully saturated rings. The number of aromatic nitrogens is 1. The first-order valence-corrected chi connectivity index (χ1v) is 11.2. The summed E-state index contributed by atoms with van der Waals surface area (Å²) in [5, 5.41) is 4.27. The van der Waals surface area contributed by atoms with Gasteiger partial charge in [0.2, 0.25) is 5.91 Å². The van der Waals surface area contributed by atoms with Gasteiger partial charge in [-0.2, -0.15) is 4.37 Å². The van der Waals surface area contributed by atoms with Gasteiger partial charge in [-0.15, -0.1) is 12.4 Å². The predicted molar refractivity (Wildman–Crippen MR) is 131 cm³/mol. The number of fused-ring (bicyclic) bond motifs is 2. The van der Waals surface area contributed by atoms with Gasteiger partial charge in [0.25, 0.3) is 0 Å². The fourth-order valence-electron chi connectivity index (χ4n) is 4.45. The number of halogens is 1. The fourth-order valence-corrected chi connectivity index (χ4v) is 5.25. The number of nitrogens with zero attached hydrogens (tertiary/aromatic N) is 3. The summed E-state index contributed by atoms with van der Waals surface area (Å²) in [7, 11) is 0. The van der Waals surface area contributed by atoms with Crippen molar-refractivity contribution in [1.82, 2.24) is 9.27 Å². The minimum Gasteiger partial charge on any atom is -0.412 e. The van der Waals surface area contributed by atoms with E-state index in [1.807, 2.05) is 0 Å². The zero-order valence-electron chi connectivity index (χ0n) is 17.6. The lowest BCUT2D eigenvalue weighted by atomic mass is 9.90. The number of hydrogen-bond donors (Lipinski definition) is 1. The maximum atomic E-state index is 11.7. The zero-order chi connectivity index (χ0) is 19.8. The second kappa shape index (κ2) is 9.96. The minimum atomic E-state index is 0. The summed E-state index contributed by atoms with van der Waals surface area (Å²) >= 11 is 1.60. The third-order valence-electron chi connectivity index (χ3n) is 6.16. The first-order chi connectivity index (χ1) is 14.2. The summed E-state index contributed by atoms with van der Waals surface area (Å²) in [4.78, 5) is 16.7. The molecule has 2 aromatic carbocycles. The van der Waals surface area contributed by atoms with Gasteiger partial charge in [0.05, 0.1) is 4.70 Å². The number of carbonyl (C=O) groups is 1. The highest BCUT2D eigenvalue weighted by molar-refractivity contribution is 7.13.